The molecule has 1 heterocycles. The van der Waals surface area contributed by atoms with Crippen molar-refractivity contribution < 1.29 is 14.3 Å². The van der Waals surface area contributed by atoms with Gasteiger partial charge in [0.15, 0.2) is 5.16 Å². The number of halogens is 1. The van der Waals surface area contributed by atoms with Crippen LogP contribution in [0.4, 0.5) is 4.39 Å². The van der Waals surface area contributed by atoms with Crippen molar-refractivity contribution in [3.05, 3.63) is 53.8 Å². The highest BCUT2D eigenvalue weighted by atomic mass is 32.2. The van der Waals surface area contributed by atoms with Crippen LogP contribution in [0.3, 0.4) is 0 Å². The highest BCUT2D eigenvalue weighted by Gasteiger charge is 2.14. The van der Waals surface area contributed by atoms with E-state index in [1.165, 1.54) is 36.0 Å². The Morgan fingerprint density at radius 3 is 2.57 bits per heavy atom. The summed E-state index contributed by atoms with van der Waals surface area (Å²) in [5, 5.41) is 9.77. The van der Waals surface area contributed by atoms with E-state index < -0.39 is 5.97 Å². The van der Waals surface area contributed by atoms with Crippen molar-refractivity contribution in [2.24, 2.45) is 0 Å². The predicted octanol–water partition coefficient (Wildman–Crippen LogP) is 3.58. The molecule has 21 heavy (non-hydrogen) atoms. The zero-order chi connectivity index (χ0) is 15.0. The van der Waals surface area contributed by atoms with Crippen molar-refractivity contribution in [1.29, 1.82) is 0 Å². The zero-order valence-corrected chi connectivity index (χ0v) is 11.9. The van der Waals surface area contributed by atoms with Gasteiger partial charge in [-0.15, -0.1) is 0 Å². The molecule has 0 atom stereocenters. The number of nitrogens with zero attached hydrogens (tertiary/aromatic N) is 2. The van der Waals surface area contributed by atoms with Gasteiger partial charge >= 0.3 is 5.97 Å². The van der Waals surface area contributed by atoms with Crippen LogP contribution in [0.5, 0.6) is 0 Å². The fourth-order valence-corrected chi connectivity index (χ4v) is 2.74. The monoisotopic (exact) mass is 302 g/mol. The minimum absolute atomic E-state index is 0.193. The minimum atomic E-state index is -0.987. The molecule has 6 heteroatoms. The maximum absolute atomic E-state index is 13.1. The number of carbonyl (C=O) groups is 1. The smallest absolute Gasteiger partial charge is 0.335 e. The summed E-state index contributed by atoms with van der Waals surface area (Å²) in [5.74, 6) is -1.29. The molecule has 0 aliphatic rings. The SMILES string of the molecule is CSc1nc2cc(C(=O)O)ccc2n1-c1ccc(F)cc1. The van der Waals surface area contributed by atoms with E-state index in [4.69, 9.17) is 5.11 Å². The molecule has 106 valence electrons. The normalized spacial score (nSPS) is 11.0. The van der Waals surface area contributed by atoms with Crippen molar-refractivity contribution in [2.45, 2.75) is 5.16 Å². The van der Waals surface area contributed by atoms with Gasteiger partial charge in [-0.2, -0.15) is 0 Å². The Balaban J connectivity index is 2.25. The Morgan fingerprint density at radius 2 is 1.95 bits per heavy atom. The summed E-state index contributed by atoms with van der Waals surface area (Å²) in [5.41, 5.74) is 2.37. The highest BCUT2D eigenvalue weighted by molar-refractivity contribution is 7.98. The number of imidazole rings is 1. The molecule has 1 N–H and O–H groups in total. The third-order valence-corrected chi connectivity index (χ3v) is 3.78. The standard InChI is InChI=1S/C15H11FN2O2S/c1-21-15-17-12-8-9(14(19)20)2-7-13(12)18(15)11-5-3-10(16)4-6-11/h2-8H,1H3,(H,19,20). The van der Waals surface area contributed by atoms with Gasteiger partial charge in [0.25, 0.3) is 0 Å². The van der Waals surface area contributed by atoms with Gasteiger partial charge in [0, 0.05) is 5.69 Å². The van der Waals surface area contributed by atoms with Gasteiger partial charge in [0.05, 0.1) is 16.6 Å². The number of aromatic nitrogens is 2. The molecular weight excluding hydrogens is 291 g/mol. The summed E-state index contributed by atoms with van der Waals surface area (Å²) < 4.78 is 15.0. The van der Waals surface area contributed by atoms with Crippen LogP contribution in [-0.4, -0.2) is 26.9 Å². The average molecular weight is 302 g/mol. The molecule has 2 aromatic carbocycles. The third-order valence-electron chi connectivity index (χ3n) is 3.14. The largest absolute Gasteiger partial charge is 0.478 e. The van der Waals surface area contributed by atoms with Crippen LogP contribution in [-0.2, 0) is 0 Å². The minimum Gasteiger partial charge on any atom is -0.478 e. The summed E-state index contributed by atoms with van der Waals surface area (Å²) in [4.78, 5) is 15.5. The maximum Gasteiger partial charge on any atom is 0.335 e. The Labute approximate surface area is 124 Å². The van der Waals surface area contributed by atoms with E-state index in [1.54, 1.807) is 18.2 Å². The fraction of sp³-hybridized carbons (Fsp3) is 0.0667. The van der Waals surface area contributed by atoms with Gasteiger partial charge < -0.3 is 5.11 Å². The van der Waals surface area contributed by atoms with Crippen LogP contribution >= 0.6 is 11.8 Å². The third kappa shape index (κ3) is 2.38. The number of fused-ring (bicyclic) bond motifs is 1. The van der Waals surface area contributed by atoms with Crippen molar-refractivity contribution in [3.8, 4) is 5.69 Å². The van der Waals surface area contributed by atoms with E-state index in [2.05, 4.69) is 4.98 Å². The van der Waals surface area contributed by atoms with E-state index in [0.29, 0.717) is 5.52 Å². The van der Waals surface area contributed by atoms with Crippen LogP contribution in [0.1, 0.15) is 10.4 Å². The molecule has 4 nitrogen and oxygen atoms in total. The second-order valence-electron chi connectivity index (χ2n) is 4.42. The molecular formula is C15H11FN2O2S. The Bertz CT molecular complexity index is 828. The summed E-state index contributed by atoms with van der Waals surface area (Å²) in [6.45, 7) is 0. The van der Waals surface area contributed by atoms with Crippen LogP contribution in [0.25, 0.3) is 16.7 Å². The lowest BCUT2D eigenvalue weighted by atomic mass is 10.2. The van der Waals surface area contributed by atoms with Gasteiger partial charge in [-0.1, -0.05) is 11.8 Å². The molecule has 3 rings (SSSR count). The van der Waals surface area contributed by atoms with E-state index >= 15 is 0 Å². The van der Waals surface area contributed by atoms with Crippen LogP contribution in [0, 0.1) is 5.82 Å². The first-order valence-corrected chi connectivity index (χ1v) is 7.38. The fourth-order valence-electron chi connectivity index (χ4n) is 2.17. The molecule has 0 aliphatic heterocycles. The number of carboxylic acid groups (broad SMARTS) is 1. The number of benzene rings is 2. The van der Waals surface area contributed by atoms with E-state index in [0.717, 1.165) is 16.4 Å². The molecule has 3 aromatic rings. The quantitative estimate of drug-likeness (QED) is 0.751. The van der Waals surface area contributed by atoms with Gasteiger partial charge in [-0.3, -0.25) is 4.57 Å². The number of aromatic carboxylic acids is 1. The van der Waals surface area contributed by atoms with Crippen molar-refractivity contribution in [2.75, 3.05) is 6.26 Å². The molecule has 1 aromatic heterocycles. The van der Waals surface area contributed by atoms with E-state index in [9.17, 15) is 9.18 Å². The van der Waals surface area contributed by atoms with Crippen LogP contribution < -0.4 is 0 Å². The van der Waals surface area contributed by atoms with Crippen molar-refractivity contribution >= 4 is 28.8 Å². The average Bonchev–Trinajstić information content (AvgIpc) is 2.85. The lowest BCUT2D eigenvalue weighted by molar-refractivity contribution is 0.0697. The van der Waals surface area contributed by atoms with Crippen molar-refractivity contribution in [3.63, 3.8) is 0 Å². The Hall–Kier alpha value is -2.34. The summed E-state index contributed by atoms with van der Waals surface area (Å²) in [6.07, 6.45) is 1.89. The van der Waals surface area contributed by atoms with Crippen molar-refractivity contribution in [1.82, 2.24) is 9.55 Å². The number of hydrogen-bond donors (Lipinski definition) is 1. The van der Waals surface area contributed by atoms with Gasteiger partial charge in [-0.25, -0.2) is 14.2 Å². The number of hydrogen-bond acceptors (Lipinski definition) is 3. The van der Waals surface area contributed by atoms with E-state index in [1.807, 2.05) is 10.8 Å². The number of thioether (sulfide) groups is 1. The topological polar surface area (TPSA) is 55.1 Å². The van der Waals surface area contributed by atoms with Gasteiger partial charge in [-0.05, 0) is 48.7 Å². The predicted molar refractivity (Wildman–Crippen MR) is 79.8 cm³/mol. The first-order chi connectivity index (χ1) is 10.1. The lowest BCUT2D eigenvalue weighted by Gasteiger charge is -2.07. The molecule has 0 aliphatic carbocycles. The van der Waals surface area contributed by atoms with Gasteiger partial charge in [0.2, 0.25) is 0 Å². The maximum atomic E-state index is 13.1. The molecule has 0 saturated carbocycles. The highest BCUT2D eigenvalue weighted by Crippen LogP contribution is 2.27. The van der Waals surface area contributed by atoms with Gasteiger partial charge in [0.1, 0.15) is 5.82 Å². The second kappa shape index (κ2) is 5.21. The summed E-state index contributed by atoms with van der Waals surface area (Å²) in [7, 11) is 0. The number of carboxylic acids is 1. The Kier molecular flexibility index (Phi) is 3.39. The molecule has 0 bridgehead atoms. The molecule has 0 spiro atoms. The first kappa shape index (κ1) is 13.6. The molecule has 0 saturated heterocycles. The lowest BCUT2D eigenvalue weighted by Crippen LogP contribution is -1.97. The first-order valence-electron chi connectivity index (χ1n) is 6.16. The molecule has 0 radical (unpaired) electrons. The van der Waals surface area contributed by atoms with Crippen LogP contribution in [0.2, 0.25) is 0 Å². The summed E-state index contributed by atoms with van der Waals surface area (Å²) in [6, 6.07) is 10.9. The molecule has 0 unspecified atom stereocenters. The molecule has 0 amide bonds. The number of rotatable bonds is 3. The second-order valence-corrected chi connectivity index (χ2v) is 5.19. The molecule has 0 fully saturated rings. The zero-order valence-electron chi connectivity index (χ0n) is 11.1. The van der Waals surface area contributed by atoms with E-state index in [-0.39, 0.29) is 11.4 Å². The Morgan fingerprint density at radius 1 is 1.24 bits per heavy atom. The summed E-state index contributed by atoms with van der Waals surface area (Å²) >= 11 is 1.45. The van der Waals surface area contributed by atoms with Crippen LogP contribution in [0.15, 0.2) is 47.6 Å².